The molecule has 0 bridgehead atoms. The number of hydrogen-bond acceptors (Lipinski definition) is 3. The first-order valence-electron chi connectivity index (χ1n) is 7.71. The number of piperazine rings is 1. The van der Waals surface area contributed by atoms with Gasteiger partial charge in [0.2, 0.25) is 0 Å². The van der Waals surface area contributed by atoms with Crippen molar-refractivity contribution in [2.75, 3.05) is 26.2 Å². The van der Waals surface area contributed by atoms with Gasteiger partial charge in [0.15, 0.2) is 0 Å². The smallest absolute Gasteiger partial charge is 0.317 e. The molecule has 2 aromatic rings. The lowest BCUT2D eigenvalue weighted by Gasteiger charge is -2.34. The molecular formula is C17H20FN3OS. The Morgan fingerprint density at radius 1 is 1.09 bits per heavy atom. The second-order valence-electron chi connectivity index (χ2n) is 5.68. The molecule has 0 aliphatic carbocycles. The van der Waals surface area contributed by atoms with E-state index in [9.17, 15) is 9.18 Å². The van der Waals surface area contributed by atoms with Crippen LogP contribution in [-0.2, 0) is 13.1 Å². The van der Waals surface area contributed by atoms with Crippen LogP contribution in [0.1, 0.15) is 11.1 Å². The first-order chi connectivity index (χ1) is 11.2. The Morgan fingerprint density at radius 2 is 1.83 bits per heavy atom. The predicted molar refractivity (Wildman–Crippen MR) is 89.8 cm³/mol. The summed E-state index contributed by atoms with van der Waals surface area (Å²) in [7, 11) is 0. The molecule has 1 aliphatic rings. The summed E-state index contributed by atoms with van der Waals surface area (Å²) in [5.41, 5.74) is 2.24. The van der Waals surface area contributed by atoms with Crippen molar-refractivity contribution in [2.24, 2.45) is 0 Å². The number of carbonyl (C=O) groups is 1. The minimum atomic E-state index is -0.262. The molecule has 1 aliphatic heterocycles. The molecule has 0 spiro atoms. The van der Waals surface area contributed by atoms with Gasteiger partial charge >= 0.3 is 6.03 Å². The molecular weight excluding hydrogens is 313 g/mol. The Kier molecular flexibility index (Phi) is 5.25. The third kappa shape index (κ3) is 4.53. The monoisotopic (exact) mass is 333 g/mol. The number of nitrogens with one attached hydrogen (secondary N) is 1. The number of carbonyl (C=O) groups excluding carboxylic acids is 1. The van der Waals surface area contributed by atoms with Crippen LogP contribution in [-0.4, -0.2) is 42.0 Å². The summed E-state index contributed by atoms with van der Waals surface area (Å²) in [5, 5.41) is 7.16. The summed E-state index contributed by atoms with van der Waals surface area (Å²) in [4.78, 5) is 16.4. The van der Waals surface area contributed by atoms with E-state index in [1.54, 1.807) is 23.5 Å². The molecule has 2 amide bonds. The van der Waals surface area contributed by atoms with Gasteiger partial charge in [0.05, 0.1) is 0 Å². The molecule has 0 saturated carbocycles. The molecule has 3 rings (SSSR count). The van der Waals surface area contributed by atoms with Gasteiger partial charge in [-0.25, -0.2) is 9.18 Å². The molecule has 6 heteroatoms. The second-order valence-corrected chi connectivity index (χ2v) is 6.46. The molecule has 1 saturated heterocycles. The maximum absolute atomic E-state index is 12.8. The average Bonchev–Trinajstić information content (AvgIpc) is 3.08. The maximum atomic E-state index is 12.8. The van der Waals surface area contributed by atoms with Gasteiger partial charge in [-0.1, -0.05) is 12.1 Å². The Labute approximate surface area is 139 Å². The summed E-state index contributed by atoms with van der Waals surface area (Å²) < 4.78 is 12.8. The SMILES string of the molecule is O=C(NCc1ccc(F)cc1)N1CCN(Cc2ccsc2)CC1. The van der Waals surface area contributed by atoms with Crippen LogP contribution in [0.2, 0.25) is 0 Å². The van der Waals surface area contributed by atoms with Crippen LogP contribution < -0.4 is 5.32 Å². The topological polar surface area (TPSA) is 35.6 Å². The second kappa shape index (κ2) is 7.57. The molecule has 0 radical (unpaired) electrons. The van der Waals surface area contributed by atoms with Gasteiger partial charge in [-0.05, 0) is 40.1 Å². The van der Waals surface area contributed by atoms with E-state index >= 15 is 0 Å². The van der Waals surface area contributed by atoms with Crippen molar-refractivity contribution in [3.63, 3.8) is 0 Å². The van der Waals surface area contributed by atoms with Crippen molar-refractivity contribution in [1.29, 1.82) is 0 Å². The van der Waals surface area contributed by atoms with Crippen LogP contribution in [0.3, 0.4) is 0 Å². The number of halogens is 1. The molecule has 23 heavy (non-hydrogen) atoms. The summed E-state index contributed by atoms with van der Waals surface area (Å²) in [5.74, 6) is -0.262. The molecule has 2 heterocycles. The standard InChI is InChI=1S/C17H20FN3OS/c18-16-3-1-14(2-4-16)11-19-17(22)21-8-6-20(7-9-21)12-15-5-10-23-13-15/h1-5,10,13H,6-9,11-12H2,(H,19,22). The highest BCUT2D eigenvalue weighted by atomic mass is 32.1. The highest BCUT2D eigenvalue weighted by Crippen LogP contribution is 2.12. The average molecular weight is 333 g/mol. The normalized spacial score (nSPS) is 15.6. The van der Waals surface area contributed by atoms with Gasteiger partial charge in [-0.3, -0.25) is 4.90 Å². The van der Waals surface area contributed by atoms with E-state index in [0.29, 0.717) is 6.54 Å². The zero-order valence-corrected chi connectivity index (χ0v) is 13.7. The molecule has 1 N–H and O–H groups in total. The van der Waals surface area contributed by atoms with Crippen LogP contribution in [0.5, 0.6) is 0 Å². The van der Waals surface area contributed by atoms with Gasteiger partial charge in [0.25, 0.3) is 0 Å². The number of amides is 2. The lowest BCUT2D eigenvalue weighted by Crippen LogP contribution is -2.51. The van der Waals surface area contributed by atoms with Gasteiger partial charge in [-0.2, -0.15) is 11.3 Å². The van der Waals surface area contributed by atoms with E-state index < -0.39 is 0 Å². The number of urea groups is 1. The fourth-order valence-electron chi connectivity index (χ4n) is 2.64. The quantitative estimate of drug-likeness (QED) is 0.934. The fraction of sp³-hybridized carbons (Fsp3) is 0.353. The Bertz CT molecular complexity index is 622. The van der Waals surface area contributed by atoms with Gasteiger partial charge in [0, 0.05) is 39.3 Å². The lowest BCUT2D eigenvalue weighted by atomic mass is 10.2. The minimum absolute atomic E-state index is 0.0514. The first kappa shape index (κ1) is 16.0. The van der Waals surface area contributed by atoms with E-state index in [1.165, 1.54) is 17.7 Å². The van der Waals surface area contributed by atoms with E-state index in [1.807, 2.05) is 4.90 Å². The summed E-state index contributed by atoms with van der Waals surface area (Å²) in [6, 6.07) is 8.29. The maximum Gasteiger partial charge on any atom is 0.317 e. The highest BCUT2D eigenvalue weighted by Gasteiger charge is 2.20. The molecule has 0 atom stereocenters. The molecule has 122 valence electrons. The lowest BCUT2D eigenvalue weighted by molar-refractivity contribution is 0.135. The molecule has 1 fully saturated rings. The minimum Gasteiger partial charge on any atom is -0.334 e. The van der Waals surface area contributed by atoms with Crippen LogP contribution >= 0.6 is 11.3 Å². The van der Waals surface area contributed by atoms with Crippen molar-refractivity contribution in [2.45, 2.75) is 13.1 Å². The van der Waals surface area contributed by atoms with Crippen LogP contribution in [0.25, 0.3) is 0 Å². The Hall–Kier alpha value is -1.92. The molecule has 1 aromatic carbocycles. The number of thiophene rings is 1. The Morgan fingerprint density at radius 3 is 2.48 bits per heavy atom. The first-order valence-corrected chi connectivity index (χ1v) is 8.65. The third-order valence-corrected chi connectivity index (χ3v) is 4.73. The molecule has 0 unspecified atom stereocenters. The predicted octanol–water partition coefficient (Wildman–Crippen LogP) is 2.91. The van der Waals surface area contributed by atoms with Gasteiger partial charge in [0.1, 0.15) is 5.82 Å². The van der Waals surface area contributed by atoms with Crippen molar-refractivity contribution in [1.82, 2.24) is 15.1 Å². The van der Waals surface area contributed by atoms with E-state index in [2.05, 4.69) is 27.0 Å². The zero-order chi connectivity index (χ0) is 16.1. The summed E-state index contributed by atoms with van der Waals surface area (Å²) >= 11 is 1.71. The molecule has 4 nitrogen and oxygen atoms in total. The number of nitrogens with zero attached hydrogens (tertiary/aromatic N) is 2. The fourth-order valence-corrected chi connectivity index (χ4v) is 3.30. The van der Waals surface area contributed by atoms with Crippen molar-refractivity contribution in [3.05, 3.63) is 58.0 Å². The van der Waals surface area contributed by atoms with Crippen molar-refractivity contribution >= 4 is 17.4 Å². The summed E-state index contributed by atoms with van der Waals surface area (Å²) in [6.07, 6.45) is 0. The zero-order valence-electron chi connectivity index (χ0n) is 12.9. The van der Waals surface area contributed by atoms with Crippen LogP contribution in [0.4, 0.5) is 9.18 Å². The Balaban J connectivity index is 1.42. The van der Waals surface area contributed by atoms with Gasteiger partial charge in [-0.15, -0.1) is 0 Å². The number of rotatable bonds is 4. The van der Waals surface area contributed by atoms with E-state index in [4.69, 9.17) is 0 Å². The highest BCUT2D eigenvalue weighted by molar-refractivity contribution is 7.07. The van der Waals surface area contributed by atoms with Gasteiger partial charge < -0.3 is 10.2 Å². The number of hydrogen-bond donors (Lipinski definition) is 1. The summed E-state index contributed by atoms with van der Waals surface area (Å²) in [6.45, 7) is 4.63. The van der Waals surface area contributed by atoms with Crippen LogP contribution in [0, 0.1) is 5.82 Å². The van der Waals surface area contributed by atoms with Crippen LogP contribution in [0.15, 0.2) is 41.1 Å². The van der Waals surface area contributed by atoms with E-state index in [0.717, 1.165) is 38.3 Å². The van der Waals surface area contributed by atoms with Crippen molar-refractivity contribution < 1.29 is 9.18 Å². The largest absolute Gasteiger partial charge is 0.334 e. The van der Waals surface area contributed by atoms with Crippen molar-refractivity contribution in [3.8, 4) is 0 Å². The number of benzene rings is 1. The van der Waals surface area contributed by atoms with E-state index in [-0.39, 0.29) is 11.8 Å². The third-order valence-electron chi connectivity index (χ3n) is 4.00. The molecule has 1 aromatic heterocycles.